The van der Waals surface area contributed by atoms with Gasteiger partial charge in [0.1, 0.15) is 0 Å². The van der Waals surface area contributed by atoms with E-state index in [9.17, 15) is 0 Å². The first-order chi connectivity index (χ1) is 9.50. The van der Waals surface area contributed by atoms with E-state index < -0.39 is 0 Å². The van der Waals surface area contributed by atoms with Crippen molar-refractivity contribution >= 4 is 43.6 Å². The summed E-state index contributed by atoms with van der Waals surface area (Å²) in [5, 5.41) is 4.38. The van der Waals surface area contributed by atoms with Gasteiger partial charge in [-0.05, 0) is 57.8 Å². The zero-order valence-electron chi connectivity index (χ0n) is 11.4. The lowest BCUT2D eigenvalue weighted by Gasteiger charge is -2.17. The normalized spacial score (nSPS) is 12.9. The van der Waals surface area contributed by atoms with Crippen LogP contribution in [0.2, 0.25) is 0 Å². The van der Waals surface area contributed by atoms with Crippen LogP contribution in [0, 0.1) is 0 Å². The molecule has 0 saturated carbocycles. The fourth-order valence-corrected chi connectivity index (χ4v) is 4.02. The highest BCUT2D eigenvalue weighted by Crippen LogP contribution is 2.32. The van der Waals surface area contributed by atoms with Gasteiger partial charge in [-0.3, -0.25) is 4.68 Å². The van der Waals surface area contributed by atoms with Crippen LogP contribution in [0.3, 0.4) is 0 Å². The summed E-state index contributed by atoms with van der Waals surface area (Å²) in [5.41, 5.74) is 7.40. The van der Waals surface area contributed by atoms with Gasteiger partial charge in [0.25, 0.3) is 0 Å². The van der Waals surface area contributed by atoms with Crippen LogP contribution in [-0.4, -0.2) is 15.5 Å². The van der Waals surface area contributed by atoms with Crippen molar-refractivity contribution in [2.45, 2.75) is 30.8 Å². The van der Waals surface area contributed by atoms with Crippen LogP contribution in [0.15, 0.2) is 44.3 Å². The lowest BCUT2D eigenvalue weighted by Crippen LogP contribution is -2.20. The largest absolute Gasteiger partial charge is 0.322 e. The van der Waals surface area contributed by atoms with Gasteiger partial charge in [0.05, 0.1) is 22.4 Å². The SMILES string of the molecule is CC(C)n1ncc(Br)c1C(N)CSc1ccccc1Br. The smallest absolute Gasteiger partial charge is 0.0705 e. The van der Waals surface area contributed by atoms with Crippen LogP contribution in [0.25, 0.3) is 0 Å². The summed E-state index contributed by atoms with van der Waals surface area (Å²) >= 11 is 8.85. The number of halogens is 2. The molecule has 1 aromatic heterocycles. The number of thioether (sulfide) groups is 1. The van der Waals surface area contributed by atoms with Crippen molar-refractivity contribution < 1.29 is 0 Å². The minimum Gasteiger partial charge on any atom is -0.322 e. The van der Waals surface area contributed by atoms with Crippen molar-refractivity contribution in [2.24, 2.45) is 5.73 Å². The van der Waals surface area contributed by atoms with Crippen LogP contribution < -0.4 is 5.73 Å². The summed E-state index contributed by atoms with van der Waals surface area (Å²) < 4.78 is 4.06. The molecule has 0 spiro atoms. The number of hydrogen-bond acceptors (Lipinski definition) is 3. The van der Waals surface area contributed by atoms with Crippen LogP contribution in [0.5, 0.6) is 0 Å². The van der Waals surface area contributed by atoms with Gasteiger partial charge >= 0.3 is 0 Å². The third-order valence-corrected chi connectivity index (χ3v) is 5.64. The molecule has 0 amide bonds. The Labute approximate surface area is 140 Å². The van der Waals surface area contributed by atoms with Crippen molar-refractivity contribution in [2.75, 3.05) is 5.75 Å². The average molecular weight is 419 g/mol. The molecular weight excluding hydrogens is 402 g/mol. The molecule has 2 N–H and O–H groups in total. The highest BCUT2D eigenvalue weighted by Gasteiger charge is 2.18. The van der Waals surface area contributed by atoms with Gasteiger partial charge in [-0.2, -0.15) is 5.10 Å². The molecule has 1 atom stereocenters. The molecule has 108 valence electrons. The average Bonchev–Trinajstić information content (AvgIpc) is 2.79. The van der Waals surface area contributed by atoms with E-state index in [-0.39, 0.29) is 6.04 Å². The first-order valence-electron chi connectivity index (χ1n) is 6.36. The van der Waals surface area contributed by atoms with Crippen molar-refractivity contribution in [3.8, 4) is 0 Å². The van der Waals surface area contributed by atoms with Crippen molar-refractivity contribution in [1.82, 2.24) is 9.78 Å². The predicted octanol–water partition coefficient (Wildman–Crippen LogP) is 4.78. The highest BCUT2D eigenvalue weighted by molar-refractivity contribution is 9.10. The zero-order valence-corrected chi connectivity index (χ0v) is 15.4. The summed E-state index contributed by atoms with van der Waals surface area (Å²) in [6.07, 6.45) is 1.82. The zero-order chi connectivity index (χ0) is 14.7. The number of nitrogens with zero attached hydrogens (tertiary/aromatic N) is 2. The molecule has 0 radical (unpaired) electrons. The molecule has 3 nitrogen and oxygen atoms in total. The number of aromatic nitrogens is 2. The van der Waals surface area contributed by atoms with Crippen LogP contribution in [0.1, 0.15) is 31.6 Å². The van der Waals surface area contributed by atoms with Gasteiger partial charge in [-0.1, -0.05) is 12.1 Å². The maximum Gasteiger partial charge on any atom is 0.0705 e. The second-order valence-electron chi connectivity index (χ2n) is 4.76. The third-order valence-electron chi connectivity index (χ3n) is 2.88. The van der Waals surface area contributed by atoms with Crippen LogP contribution in [0.4, 0.5) is 0 Å². The van der Waals surface area contributed by atoms with E-state index in [1.807, 2.05) is 29.1 Å². The van der Waals surface area contributed by atoms with Crippen LogP contribution in [-0.2, 0) is 0 Å². The molecule has 1 heterocycles. The summed E-state index contributed by atoms with van der Waals surface area (Å²) in [7, 11) is 0. The Kier molecular flexibility index (Phi) is 5.72. The Morgan fingerprint density at radius 2 is 1.95 bits per heavy atom. The number of rotatable bonds is 5. The Hall–Kier alpha value is -0.300. The molecule has 0 aliphatic carbocycles. The molecule has 2 aromatic rings. The molecule has 0 saturated heterocycles. The molecule has 0 aliphatic heterocycles. The fraction of sp³-hybridized carbons (Fsp3) is 0.357. The Morgan fingerprint density at radius 3 is 2.60 bits per heavy atom. The molecule has 2 rings (SSSR count). The summed E-state index contributed by atoms with van der Waals surface area (Å²) in [6, 6.07) is 8.42. The van der Waals surface area contributed by atoms with Gasteiger partial charge < -0.3 is 5.73 Å². The van der Waals surface area contributed by atoms with Crippen molar-refractivity contribution in [3.05, 3.63) is 45.1 Å². The Bertz CT molecular complexity index is 584. The van der Waals surface area contributed by atoms with E-state index in [1.165, 1.54) is 4.90 Å². The molecule has 0 aliphatic rings. The molecule has 6 heteroatoms. The number of benzene rings is 1. The molecule has 1 aromatic carbocycles. The summed E-state index contributed by atoms with van der Waals surface area (Å²) in [6.45, 7) is 4.22. The van der Waals surface area contributed by atoms with Crippen LogP contribution >= 0.6 is 43.6 Å². The maximum absolute atomic E-state index is 6.35. The first-order valence-corrected chi connectivity index (χ1v) is 8.93. The maximum atomic E-state index is 6.35. The quantitative estimate of drug-likeness (QED) is 0.710. The van der Waals surface area contributed by atoms with Crippen molar-refractivity contribution in [3.63, 3.8) is 0 Å². The molecular formula is C14H17Br2N3S. The van der Waals surface area contributed by atoms with Gasteiger partial charge in [0.15, 0.2) is 0 Å². The van der Waals surface area contributed by atoms with E-state index in [0.29, 0.717) is 6.04 Å². The molecule has 20 heavy (non-hydrogen) atoms. The first kappa shape index (κ1) is 16.1. The minimum atomic E-state index is -0.0635. The number of nitrogens with two attached hydrogens (primary N) is 1. The summed E-state index contributed by atoms with van der Waals surface area (Å²) in [4.78, 5) is 1.20. The van der Waals surface area contributed by atoms with Crippen molar-refractivity contribution in [1.29, 1.82) is 0 Å². The van der Waals surface area contributed by atoms with E-state index in [2.05, 4.69) is 56.9 Å². The lowest BCUT2D eigenvalue weighted by atomic mass is 10.2. The van der Waals surface area contributed by atoms with E-state index in [0.717, 1.165) is 20.4 Å². The number of hydrogen-bond donors (Lipinski definition) is 1. The lowest BCUT2D eigenvalue weighted by molar-refractivity contribution is 0.494. The predicted molar refractivity (Wildman–Crippen MR) is 92.1 cm³/mol. The monoisotopic (exact) mass is 417 g/mol. The van der Waals surface area contributed by atoms with Gasteiger partial charge in [-0.15, -0.1) is 11.8 Å². The second-order valence-corrected chi connectivity index (χ2v) is 7.53. The second kappa shape index (κ2) is 7.11. The minimum absolute atomic E-state index is 0.0635. The highest BCUT2D eigenvalue weighted by atomic mass is 79.9. The van der Waals surface area contributed by atoms with Gasteiger partial charge in [-0.25, -0.2) is 0 Å². The molecule has 0 bridgehead atoms. The Morgan fingerprint density at radius 1 is 1.25 bits per heavy atom. The molecule has 1 unspecified atom stereocenters. The van der Waals surface area contributed by atoms with Gasteiger partial charge in [0, 0.05) is 21.2 Å². The Balaban J connectivity index is 2.11. The topological polar surface area (TPSA) is 43.8 Å². The summed E-state index contributed by atoms with van der Waals surface area (Å²) in [5.74, 6) is 0.805. The third kappa shape index (κ3) is 3.67. The van der Waals surface area contributed by atoms with E-state index in [4.69, 9.17) is 5.73 Å². The standard InChI is InChI=1S/C14H17Br2N3S/c1-9(2)19-14(11(16)7-18-19)12(17)8-20-13-6-4-3-5-10(13)15/h3-7,9,12H,8,17H2,1-2H3. The molecule has 0 fully saturated rings. The van der Waals surface area contributed by atoms with Gasteiger partial charge in [0.2, 0.25) is 0 Å². The van der Waals surface area contributed by atoms with E-state index in [1.54, 1.807) is 11.8 Å². The van der Waals surface area contributed by atoms with E-state index >= 15 is 0 Å². The fourth-order valence-electron chi connectivity index (χ4n) is 1.93.